The summed E-state index contributed by atoms with van der Waals surface area (Å²) in [6.07, 6.45) is 0. The molecule has 0 fully saturated rings. The monoisotopic (exact) mass is 421 g/mol. The maximum atomic E-state index is 12.4. The van der Waals surface area contributed by atoms with Crippen molar-refractivity contribution < 1.29 is 18.7 Å². The van der Waals surface area contributed by atoms with Gasteiger partial charge in [-0.15, -0.1) is 0 Å². The first-order chi connectivity index (χ1) is 14.8. The Kier molecular flexibility index (Phi) is 6.90. The topological polar surface area (TPSA) is 85.6 Å². The number of amides is 1. The van der Waals surface area contributed by atoms with Gasteiger partial charge in [0.15, 0.2) is 6.61 Å². The summed E-state index contributed by atoms with van der Waals surface area (Å²) in [5.41, 5.74) is 1.55. The molecule has 2 aromatic carbocycles. The Morgan fingerprint density at radius 3 is 2.26 bits per heavy atom. The molecule has 162 valence electrons. The van der Waals surface area contributed by atoms with E-state index in [0.29, 0.717) is 16.9 Å². The lowest BCUT2D eigenvalue weighted by atomic mass is 9.93. The van der Waals surface area contributed by atoms with Gasteiger partial charge >= 0.3 is 11.6 Å². The van der Waals surface area contributed by atoms with Crippen molar-refractivity contribution in [3.63, 3.8) is 0 Å². The van der Waals surface area contributed by atoms with Crippen LogP contribution in [0.15, 0.2) is 63.8 Å². The zero-order valence-electron chi connectivity index (χ0n) is 18.2. The molecule has 6 heteroatoms. The standard InChI is InChI=1S/C25H27NO5/c1-15(2)17-9-11-18(12-10-17)23(16(3)4)26-22(27)14-30-24(28)20-13-19-7-5-6-8-21(19)31-25(20)29/h5-13,15-16,23H,14H2,1-4H3,(H,26,27)/t23-/m1/s1. The predicted octanol–water partition coefficient (Wildman–Crippen LogP) is 4.59. The van der Waals surface area contributed by atoms with Gasteiger partial charge in [0.05, 0.1) is 6.04 Å². The van der Waals surface area contributed by atoms with Crippen LogP contribution in [-0.2, 0) is 9.53 Å². The van der Waals surface area contributed by atoms with E-state index in [0.717, 1.165) is 5.56 Å². The van der Waals surface area contributed by atoms with Gasteiger partial charge in [-0.05, 0) is 35.1 Å². The molecule has 0 spiro atoms. The number of fused-ring (bicyclic) bond motifs is 1. The van der Waals surface area contributed by atoms with Gasteiger partial charge in [0.1, 0.15) is 11.1 Å². The quantitative estimate of drug-likeness (QED) is 0.446. The predicted molar refractivity (Wildman–Crippen MR) is 119 cm³/mol. The molecule has 0 saturated carbocycles. The van der Waals surface area contributed by atoms with E-state index in [1.807, 2.05) is 26.0 Å². The fourth-order valence-corrected chi connectivity index (χ4v) is 3.35. The Bertz CT molecular complexity index is 1130. The van der Waals surface area contributed by atoms with Crippen LogP contribution >= 0.6 is 0 Å². The molecular weight excluding hydrogens is 394 g/mol. The summed E-state index contributed by atoms with van der Waals surface area (Å²) in [4.78, 5) is 36.9. The molecular formula is C25H27NO5. The van der Waals surface area contributed by atoms with Crippen molar-refractivity contribution in [3.05, 3.63) is 81.7 Å². The Morgan fingerprint density at radius 1 is 0.968 bits per heavy atom. The molecule has 0 unspecified atom stereocenters. The number of carbonyl (C=O) groups is 2. The van der Waals surface area contributed by atoms with E-state index >= 15 is 0 Å². The lowest BCUT2D eigenvalue weighted by Crippen LogP contribution is -2.35. The van der Waals surface area contributed by atoms with Gasteiger partial charge in [-0.3, -0.25) is 4.79 Å². The highest BCUT2D eigenvalue weighted by molar-refractivity contribution is 5.94. The highest BCUT2D eigenvalue weighted by atomic mass is 16.5. The van der Waals surface area contributed by atoms with Crippen molar-refractivity contribution in [2.45, 2.75) is 39.7 Å². The van der Waals surface area contributed by atoms with Crippen molar-refractivity contribution in [1.82, 2.24) is 5.32 Å². The SMILES string of the molecule is CC(C)c1ccc([C@H](NC(=O)COC(=O)c2cc3ccccc3oc2=O)C(C)C)cc1. The Hall–Kier alpha value is -3.41. The van der Waals surface area contributed by atoms with Crippen molar-refractivity contribution in [1.29, 1.82) is 0 Å². The second-order valence-electron chi connectivity index (χ2n) is 8.17. The van der Waals surface area contributed by atoms with Crippen molar-refractivity contribution in [2.75, 3.05) is 6.61 Å². The number of rotatable bonds is 7. The summed E-state index contributed by atoms with van der Waals surface area (Å²) < 4.78 is 10.2. The number of hydrogen-bond acceptors (Lipinski definition) is 5. The van der Waals surface area contributed by atoms with E-state index in [2.05, 4.69) is 31.3 Å². The van der Waals surface area contributed by atoms with Crippen molar-refractivity contribution in [2.24, 2.45) is 5.92 Å². The first kappa shape index (κ1) is 22.3. The average Bonchev–Trinajstić information content (AvgIpc) is 2.75. The minimum absolute atomic E-state index is 0.136. The first-order valence-corrected chi connectivity index (χ1v) is 10.4. The average molecular weight is 421 g/mol. The molecule has 3 rings (SSSR count). The number of ether oxygens (including phenoxy) is 1. The number of benzene rings is 2. The third-order valence-electron chi connectivity index (χ3n) is 5.14. The minimum Gasteiger partial charge on any atom is -0.452 e. The summed E-state index contributed by atoms with van der Waals surface area (Å²) in [5, 5.41) is 3.51. The molecule has 0 bridgehead atoms. The summed E-state index contributed by atoms with van der Waals surface area (Å²) >= 11 is 0. The molecule has 31 heavy (non-hydrogen) atoms. The van der Waals surface area contributed by atoms with Gasteiger partial charge in [0.25, 0.3) is 5.91 Å². The first-order valence-electron chi connectivity index (χ1n) is 10.4. The molecule has 1 aromatic heterocycles. The van der Waals surface area contributed by atoms with Gasteiger partial charge in [-0.1, -0.05) is 70.2 Å². The van der Waals surface area contributed by atoms with Gasteiger partial charge in [-0.2, -0.15) is 0 Å². The fraction of sp³-hybridized carbons (Fsp3) is 0.320. The van der Waals surface area contributed by atoms with Crippen LogP contribution < -0.4 is 10.9 Å². The molecule has 0 aliphatic carbocycles. The van der Waals surface area contributed by atoms with E-state index in [1.54, 1.807) is 24.3 Å². The van der Waals surface area contributed by atoms with Crippen molar-refractivity contribution in [3.8, 4) is 0 Å². The number of carbonyl (C=O) groups excluding carboxylic acids is 2. The van der Waals surface area contributed by atoms with E-state index in [1.165, 1.54) is 11.6 Å². The van der Waals surface area contributed by atoms with Gasteiger partial charge in [-0.25, -0.2) is 9.59 Å². The Labute approximate surface area is 181 Å². The smallest absolute Gasteiger partial charge is 0.351 e. The summed E-state index contributed by atoms with van der Waals surface area (Å²) in [5.74, 6) is -0.771. The van der Waals surface area contributed by atoms with E-state index in [9.17, 15) is 14.4 Å². The highest BCUT2D eigenvalue weighted by Gasteiger charge is 2.21. The van der Waals surface area contributed by atoms with E-state index < -0.39 is 24.1 Å². The van der Waals surface area contributed by atoms with Gasteiger partial charge in [0, 0.05) is 5.39 Å². The Balaban J connectivity index is 1.66. The van der Waals surface area contributed by atoms with Crippen LogP contribution in [0.1, 0.15) is 61.1 Å². The third kappa shape index (κ3) is 5.40. The number of nitrogens with one attached hydrogen (secondary N) is 1. The fourth-order valence-electron chi connectivity index (χ4n) is 3.35. The van der Waals surface area contributed by atoms with Crippen LogP contribution in [0.2, 0.25) is 0 Å². The van der Waals surface area contributed by atoms with Crippen LogP contribution in [0.25, 0.3) is 11.0 Å². The molecule has 1 atom stereocenters. The largest absolute Gasteiger partial charge is 0.452 e. The summed E-state index contributed by atoms with van der Waals surface area (Å²) in [6.45, 7) is 7.78. The zero-order valence-corrected chi connectivity index (χ0v) is 18.2. The Morgan fingerprint density at radius 2 is 1.61 bits per heavy atom. The summed E-state index contributed by atoms with van der Waals surface area (Å²) in [7, 11) is 0. The molecule has 1 N–H and O–H groups in total. The second-order valence-corrected chi connectivity index (χ2v) is 8.17. The maximum Gasteiger partial charge on any atom is 0.351 e. The van der Waals surface area contributed by atoms with Crippen LogP contribution in [0.5, 0.6) is 0 Å². The van der Waals surface area contributed by atoms with E-state index in [-0.39, 0.29) is 17.5 Å². The number of esters is 1. The molecule has 0 aliphatic heterocycles. The van der Waals surface area contributed by atoms with Gasteiger partial charge < -0.3 is 14.5 Å². The molecule has 0 saturated heterocycles. The number of hydrogen-bond donors (Lipinski definition) is 1. The van der Waals surface area contributed by atoms with Crippen molar-refractivity contribution >= 4 is 22.8 Å². The zero-order chi connectivity index (χ0) is 22.5. The van der Waals surface area contributed by atoms with Crippen LogP contribution in [0.3, 0.4) is 0 Å². The molecule has 0 radical (unpaired) electrons. The molecule has 0 aliphatic rings. The van der Waals surface area contributed by atoms with Crippen LogP contribution in [-0.4, -0.2) is 18.5 Å². The van der Waals surface area contributed by atoms with Crippen LogP contribution in [0, 0.1) is 5.92 Å². The molecule has 1 heterocycles. The third-order valence-corrected chi connectivity index (χ3v) is 5.14. The maximum absolute atomic E-state index is 12.4. The molecule has 1 amide bonds. The highest BCUT2D eigenvalue weighted by Crippen LogP contribution is 2.24. The normalized spacial score (nSPS) is 12.2. The van der Waals surface area contributed by atoms with E-state index in [4.69, 9.17) is 9.15 Å². The number of para-hydroxylation sites is 1. The lowest BCUT2D eigenvalue weighted by Gasteiger charge is -2.23. The molecule has 6 nitrogen and oxygen atoms in total. The van der Waals surface area contributed by atoms with Gasteiger partial charge in [0.2, 0.25) is 0 Å². The molecule has 3 aromatic rings. The summed E-state index contributed by atoms with van der Waals surface area (Å²) in [6, 6.07) is 16.2. The second kappa shape index (κ2) is 9.60. The van der Waals surface area contributed by atoms with Crippen LogP contribution in [0.4, 0.5) is 0 Å². The minimum atomic E-state index is -0.892. The lowest BCUT2D eigenvalue weighted by molar-refractivity contribution is -0.125.